The largest absolute Gasteiger partial charge is 0.492 e. The number of rotatable bonds is 4. The Morgan fingerprint density at radius 3 is 2.79 bits per heavy atom. The van der Waals surface area contributed by atoms with Gasteiger partial charge in [0.2, 0.25) is 0 Å². The van der Waals surface area contributed by atoms with Crippen molar-refractivity contribution >= 4 is 15.9 Å². The van der Waals surface area contributed by atoms with Crippen molar-refractivity contribution < 1.29 is 9.13 Å². The molecule has 2 N–H and O–H groups in total. The Hall–Kier alpha value is -0.610. The minimum Gasteiger partial charge on any atom is -0.492 e. The molecule has 0 heterocycles. The van der Waals surface area contributed by atoms with Crippen LogP contribution in [0, 0.1) is 5.82 Å². The molecule has 0 aliphatic heterocycles. The summed E-state index contributed by atoms with van der Waals surface area (Å²) in [5, 5.41) is 0. The first-order chi connectivity index (χ1) is 6.70. The van der Waals surface area contributed by atoms with E-state index >= 15 is 0 Å². The molecule has 0 amide bonds. The Morgan fingerprint density at radius 1 is 1.50 bits per heavy atom. The van der Waals surface area contributed by atoms with Gasteiger partial charge in [-0.2, -0.15) is 0 Å². The van der Waals surface area contributed by atoms with E-state index in [2.05, 4.69) is 15.9 Å². The molecule has 0 atom stereocenters. The second kappa shape index (κ2) is 5.32. The van der Waals surface area contributed by atoms with Crippen molar-refractivity contribution in [2.75, 3.05) is 13.2 Å². The lowest BCUT2D eigenvalue weighted by Gasteiger charge is -2.12. The third-order valence-corrected chi connectivity index (χ3v) is 2.46. The summed E-state index contributed by atoms with van der Waals surface area (Å²) in [4.78, 5) is 0. The van der Waals surface area contributed by atoms with Gasteiger partial charge < -0.3 is 10.5 Å². The Balaban J connectivity index is 3.12. The topological polar surface area (TPSA) is 35.2 Å². The molecular weight excluding hydrogens is 249 g/mol. The van der Waals surface area contributed by atoms with Crippen LogP contribution in [-0.2, 0) is 6.42 Å². The SMILES string of the molecule is CCOc1c(Br)ccc(F)c1CCN. The Kier molecular flexibility index (Phi) is 4.35. The highest BCUT2D eigenvalue weighted by Crippen LogP contribution is 2.31. The standard InChI is InChI=1S/C10H13BrFNO/c1-2-14-10-7(5-6-13)9(12)4-3-8(10)11/h3-4H,2,5-6,13H2,1H3. The molecular formula is C10H13BrFNO. The third kappa shape index (κ3) is 2.45. The molecule has 0 saturated carbocycles. The fraction of sp³-hybridized carbons (Fsp3) is 0.400. The summed E-state index contributed by atoms with van der Waals surface area (Å²) < 4.78 is 19.5. The van der Waals surface area contributed by atoms with Crippen LogP contribution in [-0.4, -0.2) is 13.2 Å². The molecule has 0 bridgehead atoms. The predicted molar refractivity (Wildman–Crippen MR) is 58.0 cm³/mol. The molecule has 78 valence electrons. The maximum atomic E-state index is 13.4. The lowest BCUT2D eigenvalue weighted by atomic mass is 10.1. The number of hydrogen-bond acceptors (Lipinski definition) is 2. The van der Waals surface area contributed by atoms with Crippen molar-refractivity contribution in [1.82, 2.24) is 0 Å². The number of benzene rings is 1. The number of halogens is 2. The monoisotopic (exact) mass is 261 g/mol. The van der Waals surface area contributed by atoms with Gasteiger partial charge >= 0.3 is 0 Å². The molecule has 0 unspecified atom stereocenters. The summed E-state index contributed by atoms with van der Waals surface area (Å²) in [5.74, 6) is 0.306. The van der Waals surface area contributed by atoms with Crippen molar-refractivity contribution in [2.45, 2.75) is 13.3 Å². The van der Waals surface area contributed by atoms with Crippen molar-refractivity contribution in [3.05, 3.63) is 28.0 Å². The highest BCUT2D eigenvalue weighted by Gasteiger charge is 2.12. The molecule has 1 aromatic carbocycles. The van der Waals surface area contributed by atoms with Gasteiger partial charge in [0.1, 0.15) is 11.6 Å². The zero-order valence-corrected chi connectivity index (χ0v) is 9.60. The van der Waals surface area contributed by atoms with Gasteiger partial charge in [-0.1, -0.05) is 0 Å². The van der Waals surface area contributed by atoms with Crippen LogP contribution in [0.4, 0.5) is 4.39 Å². The zero-order chi connectivity index (χ0) is 10.6. The Morgan fingerprint density at radius 2 is 2.21 bits per heavy atom. The van der Waals surface area contributed by atoms with Crippen molar-refractivity contribution in [1.29, 1.82) is 0 Å². The molecule has 0 spiro atoms. The number of ether oxygens (including phenoxy) is 1. The van der Waals surface area contributed by atoms with Crippen LogP contribution in [0.2, 0.25) is 0 Å². The van der Waals surface area contributed by atoms with Gasteiger partial charge in [0, 0.05) is 5.56 Å². The summed E-state index contributed by atoms with van der Waals surface area (Å²) >= 11 is 3.32. The van der Waals surface area contributed by atoms with E-state index in [9.17, 15) is 4.39 Å². The van der Waals surface area contributed by atoms with E-state index in [4.69, 9.17) is 10.5 Å². The van der Waals surface area contributed by atoms with Gasteiger partial charge in [0.25, 0.3) is 0 Å². The second-order valence-electron chi connectivity index (χ2n) is 2.81. The Labute approximate surface area is 91.4 Å². The fourth-order valence-electron chi connectivity index (χ4n) is 1.25. The van der Waals surface area contributed by atoms with Crippen LogP contribution in [0.25, 0.3) is 0 Å². The molecule has 1 aromatic rings. The summed E-state index contributed by atoms with van der Waals surface area (Å²) in [5.41, 5.74) is 5.95. The smallest absolute Gasteiger partial charge is 0.139 e. The fourth-order valence-corrected chi connectivity index (χ4v) is 1.74. The maximum Gasteiger partial charge on any atom is 0.139 e. The minimum atomic E-state index is -0.262. The summed E-state index contributed by atoms with van der Waals surface area (Å²) in [6, 6.07) is 3.05. The van der Waals surface area contributed by atoms with Gasteiger partial charge in [-0.3, -0.25) is 0 Å². The number of hydrogen-bond donors (Lipinski definition) is 1. The minimum absolute atomic E-state index is 0.262. The Bertz CT molecular complexity index is 286. The second-order valence-corrected chi connectivity index (χ2v) is 3.66. The normalized spacial score (nSPS) is 10.3. The van der Waals surface area contributed by atoms with Crippen LogP contribution in [0.15, 0.2) is 16.6 Å². The number of nitrogens with two attached hydrogens (primary N) is 1. The van der Waals surface area contributed by atoms with Crippen LogP contribution in [0.1, 0.15) is 12.5 Å². The van der Waals surface area contributed by atoms with Crippen molar-refractivity contribution in [3.63, 3.8) is 0 Å². The quantitative estimate of drug-likeness (QED) is 0.904. The van der Waals surface area contributed by atoms with Gasteiger partial charge in [0.05, 0.1) is 11.1 Å². The lowest BCUT2D eigenvalue weighted by molar-refractivity contribution is 0.331. The third-order valence-electron chi connectivity index (χ3n) is 1.84. The van der Waals surface area contributed by atoms with E-state index < -0.39 is 0 Å². The molecule has 14 heavy (non-hydrogen) atoms. The predicted octanol–water partition coefficient (Wildman–Crippen LogP) is 2.49. The van der Waals surface area contributed by atoms with Crippen LogP contribution < -0.4 is 10.5 Å². The summed E-state index contributed by atoms with van der Waals surface area (Å²) in [6.07, 6.45) is 0.487. The molecule has 1 rings (SSSR count). The van der Waals surface area contributed by atoms with Gasteiger partial charge in [0.15, 0.2) is 0 Å². The molecule has 0 aliphatic carbocycles. The summed E-state index contributed by atoms with van der Waals surface area (Å²) in [7, 11) is 0. The molecule has 0 aliphatic rings. The van der Waals surface area contributed by atoms with E-state index in [1.165, 1.54) is 6.07 Å². The first kappa shape index (κ1) is 11.5. The van der Waals surface area contributed by atoms with Crippen molar-refractivity contribution in [2.24, 2.45) is 5.73 Å². The first-order valence-electron chi connectivity index (χ1n) is 4.50. The van der Waals surface area contributed by atoms with Crippen LogP contribution in [0.5, 0.6) is 5.75 Å². The highest BCUT2D eigenvalue weighted by atomic mass is 79.9. The molecule has 0 aromatic heterocycles. The molecule has 0 radical (unpaired) electrons. The van der Waals surface area contributed by atoms with Crippen LogP contribution >= 0.6 is 15.9 Å². The van der Waals surface area contributed by atoms with Crippen molar-refractivity contribution in [3.8, 4) is 5.75 Å². The average molecular weight is 262 g/mol. The molecule has 0 fully saturated rings. The van der Waals surface area contributed by atoms with E-state index in [0.717, 1.165) is 4.47 Å². The highest BCUT2D eigenvalue weighted by molar-refractivity contribution is 9.10. The van der Waals surface area contributed by atoms with E-state index in [0.29, 0.717) is 30.9 Å². The molecule has 2 nitrogen and oxygen atoms in total. The van der Waals surface area contributed by atoms with E-state index in [1.54, 1.807) is 6.07 Å². The van der Waals surface area contributed by atoms with Gasteiger partial charge in [-0.05, 0) is 48.0 Å². The summed E-state index contributed by atoms with van der Waals surface area (Å²) in [6.45, 7) is 2.79. The zero-order valence-electron chi connectivity index (χ0n) is 8.02. The molecule has 4 heteroatoms. The van der Waals surface area contributed by atoms with Crippen LogP contribution in [0.3, 0.4) is 0 Å². The average Bonchev–Trinajstić information content (AvgIpc) is 2.17. The van der Waals surface area contributed by atoms with E-state index in [1.807, 2.05) is 6.92 Å². The first-order valence-corrected chi connectivity index (χ1v) is 5.29. The van der Waals surface area contributed by atoms with Gasteiger partial charge in [-0.15, -0.1) is 0 Å². The molecule has 0 saturated heterocycles. The maximum absolute atomic E-state index is 13.4. The van der Waals surface area contributed by atoms with E-state index in [-0.39, 0.29) is 5.82 Å². The van der Waals surface area contributed by atoms with Gasteiger partial charge in [-0.25, -0.2) is 4.39 Å². The lowest BCUT2D eigenvalue weighted by Crippen LogP contribution is -2.07.